The van der Waals surface area contributed by atoms with E-state index in [0.717, 1.165) is 16.9 Å². The van der Waals surface area contributed by atoms with Gasteiger partial charge in [-0.3, -0.25) is 0 Å². The molecule has 1 aromatic heterocycles. The lowest BCUT2D eigenvalue weighted by molar-refractivity contribution is 0.341. The fourth-order valence-electron chi connectivity index (χ4n) is 1.76. The summed E-state index contributed by atoms with van der Waals surface area (Å²) in [7, 11) is 0. The lowest BCUT2D eigenvalue weighted by atomic mass is 10.1. The van der Waals surface area contributed by atoms with Crippen LogP contribution in [-0.2, 0) is 6.54 Å². The molecule has 1 heterocycles. The van der Waals surface area contributed by atoms with E-state index in [-0.39, 0.29) is 0 Å². The van der Waals surface area contributed by atoms with Gasteiger partial charge in [0.1, 0.15) is 5.75 Å². The quantitative estimate of drug-likeness (QED) is 0.896. The summed E-state index contributed by atoms with van der Waals surface area (Å²) in [6, 6.07) is 10.4. The second-order valence-corrected chi connectivity index (χ2v) is 5.17. The van der Waals surface area contributed by atoms with Crippen molar-refractivity contribution in [3.05, 3.63) is 40.8 Å². The Bertz CT molecular complexity index is 505. The fraction of sp³-hybridized carbons (Fsp3) is 0.286. The molecular formula is C14H17NOS. The molecule has 0 atom stereocenters. The van der Waals surface area contributed by atoms with E-state index in [1.807, 2.05) is 19.1 Å². The average molecular weight is 247 g/mol. The van der Waals surface area contributed by atoms with Crippen molar-refractivity contribution in [1.29, 1.82) is 0 Å². The smallest absolute Gasteiger partial charge is 0.127 e. The Morgan fingerprint density at radius 1 is 1.24 bits per heavy atom. The van der Waals surface area contributed by atoms with Crippen molar-refractivity contribution in [2.75, 3.05) is 6.61 Å². The maximum atomic E-state index is 5.69. The minimum Gasteiger partial charge on any atom is -0.493 e. The van der Waals surface area contributed by atoms with E-state index in [4.69, 9.17) is 10.5 Å². The Morgan fingerprint density at radius 3 is 2.65 bits per heavy atom. The third kappa shape index (κ3) is 2.68. The molecule has 0 aliphatic rings. The molecule has 1 aromatic carbocycles. The number of aryl methyl sites for hydroxylation is 1. The molecule has 0 saturated heterocycles. The summed E-state index contributed by atoms with van der Waals surface area (Å²) in [6.45, 7) is 5.35. The molecule has 0 saturated carbocycles. The molecule has 0 radical (unpaired) electrons. The Hall–Kier alpha value is -1.32. The van der Waals surface area contributed by atoms with Gasteiger partial charge < -0.3 is 10.5 Å². The molecule has 0 unspecified atom stereocenters. The molecule has 0 spiro atoms. The zero-order valence-electron chi connectivity index (χ0n) is 10.2. The van der Waals surface area contributed by atoms with Crippen molar-refractivity contribution in [2.45, 2.75) is 20.4 Å². The molecule has 0 fully saturated rings. The van der Waals surface area contributed by atoms with Gasteiger partial charge in [0.2, 0.25) is 0 Å². The van der Waals surface area contributed by atoms with Crippen molar-refractivity contribution >= 4 is 11.3 Å². The molecule has 2 rings (SSSR count). The number of rotatable bonds is 4. The Labute approximate surface area is 106 Å². The molecule has 0 bridgehead atoms. The summed E-state index contributed by atoms with van der Waals surface area (Å²) in [5.41, 5.74) is 7.97. The molecule has 0 aliphatic carbocycles. The van der Waals surface area contributed by atoms with Crippen LogP contribution in [0.5, 0.6) is 5.75 Å². The first-order valence-corrected chi connectivity index (χ1v) is 6.59. The number of nitrogens with two attached hydrogens (primary N) is 1. The van der Waals surface area contributed by atoms with Crippen LogP contribution < -0.4 is 10.5 Å². The van der Waals surface area contributed by atoms with Crippen molar-refractivity contribution in [3.63, 3.8) is 0 Å². The van der Waals surface area contributed by atoms with Gasteiger partial charge in [0.05, 0.1) is 6.61 Å². The van der Waals surface area contributed by atoms with Gasteiger partial charge in [0.25, 0.3) is 0 Å². The first kappa shape index (κ1) is 12.1. The van der Waals surface area contributed by atoms with Gasteiger partial charge in [-0.1, -0.05) is 6.07 Å². The van der Waals surface area contributed by atoms with Gasteiger partial charge in [-0.2, -0.15) is 0 Å². The van der Waals surface area contributed by atoms with Gasteiger partial charge in [0.15, 0.2) is 0 Å². The van der Waals surface area contributed by atoms with E-state index in [2.05, 4.69) is 25.1 Å². The van der Waals surface area contributed by atoms with Crippen LogP contribution in [0, 0.1) is 6.92 Å². The van der Waals surface area contributed by atoms with Gasteiger partial charge in [0, 0.05) is 21.9 Å². The van der Waals surface area contributed by atoms with Crippen molar-refractivity contribution in [3.8, 4) is 16.2 Å². The van der Waals surface area contributed by atoms with Gasteiger partial charge >= 0.3 is 0 Å². The standard InChI is InChI=1S/C14H17NOS/c1-3-16-13-6-5-11(9-15)8-12(13)14-7-4-10(2)17-14/h4-8H,3,9,15H2,1-2H3. The van der Waals surface area contributed by atoms with Gasteiger partial charge in [-0.05, 0) is 43.7 Å². The van der Waals surface area contributed by atoms with E-state index < -0.39 is 0 Å². The van der Waals surface area contributed by atoms with E-state index in [1.54, 1.807) is 11.3 Å². The SMILES string of the molecule is CCOc1ccc(CN)cc1-c1ccc(C)s1. The molecule has 3 heteroatoms. The number of hydrogen-bond donors (Lipinski definition) is 1. The van der Waals surface area contributed by atoms with Crippen LogP contribution in [0.4, 0.5) is 0 Å². The van der Waals surface area contributed by atoms with Crippen LogP contribution in [0.2, 0.25) is 0 Å². The van der Waals surface area contributed by atoms with Crippen LogP contribution in [0.1, 0.15) is 17.4 Å². The zero-order valence-corrected chi connectivity index (χ0v) is 11.0. The largest absolute Gasteiger partial charge is 0.493 e. The van der Waals surface area contributed by atoms with Gasteiger partial charge in [-0.15, -0.1) is 11.3 Å². The predicted octanol–water partition coefficient (Wildman–Crippen LogP) is 3.58. The minimum atomic E-state index is 0.559. The number of hydrogen-bond acceptors (Lipinski definition) is 3. The average Bonchev–Trinajstić information content (AvgIpc) is 2.77. The highest BCUT2D eigenvalue weighted by Gasteiger charge is 2.09. The van der Waals surface area contributed by atoms with Crippen LogP contribution in [0.15, 0.2) is 30.3 Å². The maximum Gasteiger partial charge on any atom is 0.127 e. The highest BCUT2D eigenvalue weighted by atomic mass is 32.1. The lowest BCUT2D eigenvalue weighted by Gasteiger charge is -2.10. The van der Waals surface area contributed by atoms with Crippen molar-refractivity contribution in [2.24, 2.45) is 5.73 Å². The maximum absolute atomic E-state index is 5.69. The molecule has 0 aliphatic heterocycles. The van der Waals surface area contributed by atoms with Crippen LogP contribution in [-0.4, -0.2) is 6.61 Å². The second-order valence-electron chi connectivity index (χ2n) is 3.88. The van der Waals surface area contributed by atoms with E-state index in [0.29, 0.717) is 13.2 Å². The van der Waals surface area contributed by atoms with E-state index >= 15 is 0 Å². The fourth-order valence-corrected chi connectivity index (χ4v) is 2.65. The Kier molecular flexibility index (Phi) is 3.82. The third-order valence-electron chi connectivity index (χ3n) is 2.59. The van der Waals surface area contributed by atoms with E-state index in [1.165, 1.54) is 9.75 Å². The van der Waals surface area contributed by atoms with Crippen molar-refractivity contribution < 1.29 is 4.74 Å². The molecule has 2 nitrogen and oxygen atoms in total. The van der Waals surface area contributed by atoms with Crippen LogP contribution in [0.3, 0.4) is 0 Å². The first-order chi connectivity index (χ1) is 8.24. The molecular weight excluding hydrogens is 230 g/mol. The number of benzene rings is 1. The summed E-state index contributed by atoms with van der Waals surface area (Å²) in [6.07, 6.45) is 0. The summed E-state index contributed by atoms with van der Waals surface area (Å²) in [5.74, 6) is 0.937. The van der Waals surface area contributed by atoms with Gasteiger partial charge in [-0.25, -0.2) is 0 Å². The summed E-state index contributed by atoms with van der Waals surface area (Å²) in [5, 5.41) is 0. The molecule has 2 N–H and O–H groups in total. The monoisotopic (exact) mass is 247 g/mol. The highest BCUT2D eigenvalue weighted by Crippen LogP contribution is 2.35. The summed E-state index contributed by atoms with van der Waals surface area (Å²) >= 11 is 1.78. The lowest BCUT2D eigenvalue weighted by Crippen LogP contribution is -1.98. The molecule has 17 heavy (non-hydrogen) atoms. The first-order valence-electron chi connectivity index (χ1n) is 5.77. The molecule has 2 aromatic rings. The minimum absolute atomic E-state index is 0.559. The topological polar surface area (TPSA) is 35.2 Å². The molecule has 90 valence electrons. The normalized spacial score (nSPS) is 10.5. The highest BCUT2D eigenvalue weighted by molar-refractivity contribution is 7.15. The Morgan fingerprint density at radius 2 is 2.06 bits per heavy atom. The molecule has 0 amide bonds. The Balaban J connectivity index is 2.48. The zero-order chi connectivity index (χ0) is 12.3. The number of thiophene rings is 1. The number of ether oxygens (including phenoxy) is 1. The summed E-state index contributed by atoms with van der Waals surface area (Å²) < 4.78 is 5.67. The second kappa shape index (κ2) is 5.34. The summed E-state index contributed by atoms with van der Waals surface area (Å²) in [4.78, 5) is 2.54. The van der Waals surface area contributed by atoms with Crippen molar-refractivity contribution in [1.82, 2.24) is 0 Å². The van der Waals surface area contributed by atoms with Crippen LogP contribution >= 0.6 is 11.3 Å². The van der Waals surface area contributed by atoms with Crippen LogP contribution in [0.25, 0.3) is 10.4 Å². The predicted molar refractivity (Wildman–Crippen MR) is 73.6 cm³/mol. The van der Waals surface area contributed by atoms with E-state index in [9.17, 15) is 0 Å². The third-order valence-corrected chi connectivity index (χ3v) is 3.62.